The number of nitrogens with one attached hydrogen (secondary N) is 1. The Morgan fingerprint density at radius 2 is 2.21 bits per heavy atom. The quantitative estimate of drug-likeness (QED) is 0.847. The lowest BCUT2D eigenvalue weighted by Gasteiger charge is -2.13. The van der Waals surface area contributed by atoms with Crippen LogP contribution in [-0.2, 0) is 0 Å². The average molecular weight is 271 g/mol. The fourth-order valence-electron chi connectivity index (χ4n) is 2.09. The van der Waals surface area contributed by atoms with Gasteiger partial charge in [-0.15, -0.1) is 11.3 Å². The van der Waals surface area contributed by atoms with Crippen molar-refractivity contribution in [3.05, 3.63) is 51.0 Å². The van der Waals surface area contributed by atoms with Crippen molar-refractivity contribution < 1.29 is 9.53 Å². The predicted octanol–water partition coefficient (Wildman–Crippen LogP) is 1.13. The maximum atomic E-state index is 10.9. The molecule has 0 saturated carbocycles. The topological polar surface area (TPSA) is 38.3 Å². The van der Waals surface area contributed by atoms with Crippen LogP contribution in [0.1, 0.15) is 10.4 Å². The molecular weight excluding hydrogens is 258 g/mol. The number of fused-ring (bicyclic) bond motifs is 1. The van der Waals surface area contributed by atoms with Crippen LogP contribution in [-0.4, -0.2) is 19.4 Å². The highest BCUT2D eigenvalue weighted by atomic mass is 32.1. The fourth-order valence-corrected chi connectivity index (χ4v) is 2.93. The molecule has 1 aromatic heterocycles. The van der Waals surface area contributed by atoms with Gasteiger partial charge in [-0.3, -0.25) is 4.79 Å². The van der Waals surface area contributed by atoms with E-state index in [-0.39, 0.29) is 0 Å². The van der Waals surface area contributed by atoms with Crippen LogP contribution in [0.25, 0.3) is 11.8 Å². The maximum absolute atomic E-state index is 10.9. The van der Waals surface area contributed by atoms with Gasteiger partial charge in [0.25, 0.3) is 0 Å². The molecule has 0 aliphatic carbocycles. The van der Waals surface area contributed by atoms with E-state index in [0.29, 0.717) is 17.9 Å². The second-order valence-corrected chi connectivity index (χ2v) is 5.22. The molecule has 0 radical (unpaired) electrons. The number of benzene rings is 1. The highest BCUT2D eigenvalue weighted by molar-refractivity contribution is 7.07. The molecule has 0 atom stereocenters. The lowest BCUT2D eigenvalue weighted by Crippen LogP contribution is -2.34. The number of thiophene rings is 1. The Hall–Kier alpha value is -2.07. The molecule has 0 bridgehead atoms. The number of carbonyl (C=O) groups is 1. The lowest BCUT2D eigenvalue weighted by molar-refractivity contribution is 0.112. The van der Waals surface area contributed by atoms with Crippen LogP contribution < -0.4 is 19.8 Å². The molecule has 0 unspecified atom stereocenters. The van der Waals surface area contributed by atoms with Gasteiger partial charge < -0.3 is 10.1 Å². The second kappa shape index (κ2) is 5.28. The van der Waals surface area contributed by atoms with E-state index in [0.717, 1.165) is 12.8 Å². The average Bonchev–Trinajstić information content (AvgIpc) is 2.94. The van der Waals surface area contributed by atoms with Crippen molar-refractivity contribution in [2.75, 3.05) is 13.2 Å². The van der Waals surface area contributed by atoms with Gasteiger partial charge in [-0.05, 0) is 34.4 Å². The Balaban J connectivity index is 1.86. The Bertz CT molecular complexity index is 718. The highest BCUT2D eigenvalue weighted by Gasteiger charge is 2.07. The summed E-state index contributed by atoms with van der Waals surface area (Å²) in [6, 6.07) is 9.40. The molecule has 0 spiro atoms. The first-order valence-electron chi connectivity index (χ1n) is 6.04. The van der Waals surface area contributed by atoms with Crippen molar-refractivity contribution in [3.8, 4) is 5.75 Å². The zero-order chi connectivity index (χ0) is 13.1. The zero-order valence-corrected chi connectivity index (χ0v) is 11.1. The Morgan fingerprint density at radius 3 is 3.11 bits per heavy atom. The van der Waals surface area contributed by atoms with Crippen molar-refractivity contribution >= 4 is 29.4 Å². The van der Waals surface area contributed by atoms with Crippen LogP contribution in [0.4, 0.5) is 0 Å². The molecule has 1 aliphatic heterocycles. The molecular formula is C15H13NO2S. The summed E-state index contributed by atoms with van der Waals surface area (Å²) in [7, 11) is 0. The van der Waals surface area contributed by atoms with E-state index in [1.165, 1.54) is 15.3 Å². The van der Waals surface area contributed by atoms with Crippen LogP contribution in [0.3, 0.4) is 0 Å². The van der Waals surface area contributed by atoms with E-state index in [2.05, 4.69) is 16.8 Å². The Kier molecular flexibility index (Phi) is 3.33. The minimum Gasteiger partial charge on any atom is -0.488 e. The number of hydrogen-bond acceptors (Lipinski definition) is 4. The molecule has 19 heavy (non-hydrogen) atoms. The molecule has 0 saturated heterocycles. The van der Waals surface area contributed by atoms with E-state index >= 15 is 0 Å². The maximum Gasteiger partial charge on any atom is 0.153 e. The van der Waals surface area contributed by atoms with E-state index in [4.69, 9.17) is 4.74 Å². The molecule has 2 heterocycles. The monoisotopic (exact) mass is 271 g/mol. The van der Waals surface area contributed by atoms with Crippen molar-refractivity contribution in [3.63, 3.8) is 0 Å². The molecule has 2 aromatic rings. The SMILES string of the molecule is O=Cc1ccccc1OCC1=c2ccsc2=CNC1. The lowest BCUT2D eigenvalue weighted by atomic mass is 10.2. The summed E-state index contributed by atoms with van der Waals surface area (Å²) in [4.78, 5) is 10.9. The summed E-state index contributed by atoms with van der Waals surface area (Å²) in [5.74, 6) is 0.635. The third kappa shape index (κ3) is 2.39. The molecule has 0 amide bonds. The van der Waals surface area contributed by atoms with E-state index < -0.39 is 0 Å². The van der Waals surface area contributed by atoms with Crippen molar-refractivity contribution in [2.45, 2.75) is 0 Å². The van der Waals surface area contributed by atoms with Crippen molar-refractivity contribution in [2.24, 2.45) is 0 Å². The van der Waals surface area contributed by atoms with Gasteiger partial charge in [0.1, 0.15) is 12.4 Å². The largest absolute Gasteiger partial charge is 0.488 e. The number of rotatable bonds is 4. The first kappa shape index (κ1) is 12.0. The van der Waals surface area contributed by atoms with Gasteiger partial charge >= 0.3 is 0 Å². The summed E-state index contributed by atoms with van der Waals surface area (Å²) in [6.07, 6.45) is 2.85. The molecule has 3 rings (SSSR count). The highest BCUT2D eigenvalue weighted by Crippen LogP contribution is 2.16. The Morgan fingerprint density at radius 1 is 1.32 bits per heavy atom. The van der Waals surface area contributed by atoms with Crippen molar-refractivity contribution in [1.82, 2.24) is 5.32 Å². The first-order chi connectivity index (χ1) is 9.38. The van der Waals surface area contributed by atoms with Gasteiger partial charge in [-0.25, -0.2) is 0 Å². The van der Waals surface area contributed by atoms with E-state index in [1.807, 2.05) is 24.4 Å². The predicted molar refractivity (Wildman–Crippen MR) is 76.8 cm³/mol. The standard InChI is InChI=1S/C15H13NO2S/c17-9-11-3-1-2-4-14(11)18-10-12-7-16-8-15-13(12)5-6-19-15/h1-6,8-9,16H,7,10H2. The number of hydrogen-bond donors (Lipinski definition) is 1. The normalized spacial score (nSPS) is 13.2. The minimum atomic E-state index is 0.495. The summed E-state index contributed by atoms with van der Waals surface area (Å²) in [5.41, 5.74) is 1.79. The molecule has 3 nitrogen and oxygen atoms in total. The van der Waals surface area contributed by atoms with Crippen LogP contribution in [0, 0.1) is 0 Å². The smallest absolute Gasteiger partial charge is 0.153 e. The van der Waals surface area contributed by atoms with Gasteiger partial charge in [0, 0.05) is 12.7 Å². The van der Waals surface area contributed by atoms with Gasteiger partial charge in [0.15, 0.2) is 6.29 Å². The van der Waals surface area contributed by atoms with E-state index in [9.17, 15) is 4.79 Å². The molecule has 1 aliphatic rings. The van der Waals surface area contributed by atoms with Gasteiger partial charge in [0.05, 0.1) is 10.1 Å². The van der Waals surface area contributed by atoms with Crippen molar-refractivity contribution in [1.29, 1.82) is 0 Å². The van der Waals surface area contributed by atoms with Crippen LogP contribution in [0.5, 0.6) is 5.75 Å². The van der Waals surface area contributed by atoms with Gasteiger partial charge in [0.2, 0.25) is 0 Å². The van der Waals surface area contributed by atoms with Gasteiger partial charge in [-0.2, -0.15) is 0 Å². The minimum absolute atomic E-state index is 0.495. The molecule has 1 aromatic carbocycles. The van der Waals surface area contributed by atoms with Gasteiger partial charge in [-0.1, -0.05) is 12.1 Å². The second-order valence-electron chi connectivity index (χ2n) is 4.27. The summed E-state index contributed by atoms with van der Waals surface area (Å²) >= 11 is 1.71. The first-order valence-corrected chi connectivity index (χ1v) is 6.92. The number of ether oxygens (including phenoxy) is 1. The molecule has 96 valence electrons. The number of carbonyl (C=O) groups excluding carboxylic acids is 1. The van der Waals surface area contributed by atoms with Crippen LogP contribution in [0.15, 0.2) is 35.7 Å². The van der Waals surface area contributed by atoms with Crippen LogP contribution in [0.2, 0.25) is 0 Å². The molecule has 0 fully saturated rings. The number of aldehydes is 1. The summed E-state index contributed by atoms with van der Waals surface area (Å²) in [5, 5.41) is 6.56. The Labute approximate surface area is 114 Å². The van der Waals surface area contributed by atoms with Crippen LogP contribution >= 0.6 is 11.3 Å². The van der Waals surface area contributed by atoms with E-state index in [1.54, 1.807) is 17.4 Å². The molecule has 4 heteroatoms. The fraction of sp³-hybridized carbons (Fsp3) is 0.133. The zero-order valence-electron chi connectivity index (χ0n) is 10.3. The third-order valence-electron chi connectivity index (χ3n) is 3.07. The molecule has 1 N–H and O–H groups in total. The number of para-hydroxylation sites is 1. The summed E-state index contributed by atoms with van der Waals surface area (Å²) < 4.78 is 7.01. The third-order valence-corrected chi connectivity index (χ3v) is 3.94. The summed E-state index contributed by atoms with van der Waals surface area (Å²) in [6.45, 7) is 1.28.